The average molecular weight is 324 g/mol. The third-order valence-corrected chi connectivity index (χ3v) is 3.59. The van der Waals surface area contributed by atoms with Gasteiger partial charge >= 0.3 is 5.97 Å². The van der Waals surface area contributed by atoms with Crippen LogP contribution in [0.3, 0.4) is 0 Å². The SMILES string of the molecule is CC(C)=CCc1ccc(/C=C/c2ccc(O)cc2)c(C(=O)O)c1O. The number of carboxylic acid groups (broad SMARTS) is 1. The molecule has 0 amide bonds. The molecule has 24 heavy (non-hydrogen) atoms. The second kappa shape index (κ2) is 7.51. The van der Waals surface area contributed by atoms with Gasteiger partial charge in [0.15, 0.2) is 0 Å². The summed E-state index contributed by atoms with van der Waals surface area (Å²) in [5, 5.41) is 29.0. The Labute approximate surface area is 141 Å². The summed E-state index contributed by atoms with van der Waals surface area (Å²) in [6.45, 7) is 3.90. The number of phenols is 2. The Kier molecular flexibility index (Phi) is 5.42. The summed E-state index contributed by atoms with van der Waals surface area (Å²) in [4.78, 5) is 11.5. The van der Waals surface area contributed by atoms with Crippen molar-refractivity contribution in [2.75, 3.05) is 0 Å². The maximum Gasteiger partial charge on any atom is 0.340 e. The number of carboxylic acids is 1. The molecule has 2 aromatic rings. The Balaban J connectivity index is 2.39. The Bertz CT molecular complexity index is 795. The van der Waals surface area contributed by atoms with Crippen molar-refractivity contribution >= 4 is 18.1 Å². The number of aromatic hydroxyl groups is 2. The van der Waals surface area contributed by atoms with E-state index in [1.165, 1.54) is 0 Å². The standard InChI is InChI=1S/C20H20O4/c1-13(2)3-7-16-10-9-15(18(19(16)22)20(23)24)8-4-14-5-11-17(21)12-6-14/h3-6,8-12,21-22H,7H2,1-2H3,(H,23,24)/b8-4+. The smallest absolute Gasteiger partial charge is 0.340 e. The molecule has 0 aliphatic carbocycles. The van der Waals surface area contributed by atoms with Crippen LogP contribution < -0.4 is 0 Å². The zero-order chi connectivity index (χ0) is 17.7. The topological polar surface area (TPSA) is 77.8 Å². The molecule has 0 spiro atoms. The van der Waals surface area contributed by atoms with Gasteiger partial charge in [-0.2, -0.15) is 0 Å². The molecular formula is C20H20O4. The molecule has 124 valence electrons. The second-order valence-electron chi connectivity index (χ2n) is 5.75. The monoisotopic (exact) mass is 324 g/mol. The first kappa shape index (κ1) is 17.3. The van der Waals surface area contributed by atoms with Crippen molar-refractivity contribution in [1.29, 1.82) is 0 Å². The van der Waals surface area contributed by atoms with Crippen molar-refractivity contribution in [1.82, 2.24) is 0 Å². The third-order valence-electron chi connectivity index (χ3n) is 3.59. The second-order valence-corrected chi connectivity index (χ2v) is 5.75. The van der Waals surface area contributed by atoms with Crippen LogP contribution in [0.15, 0.2) is 48.0 Å². The summed E-state index contributed by atoms with van der Waals surface area (Å²) >= 11 is 0. The minimum absolute atomic E-state index is 0.107. The molecular weight excluding hydrogens is 304 g/mol. The molecule has 0 saturated heterocycles. The quantitative estimate of drug-likeness (QED) is 0.560. The van der Waals surface area contributed by atoms with Crippen LogP contribution in [0.1, 0.15) is 40.9 Å². The Morgan fingerprint density at radius 3 is 2.25 bits per heavy atom. The molecule has 0 saturated carbocycles. The fourth-order valence-corrected chi connectivity index (χ4v) is 2.26. The van der Waals surface area contributed by atoms with Crippen molar-refractivity contribution in [3.8, 4) is 11.5 Å². The van der Waals surface area contributed by atoms with Crippen LogP contribution in [0.5, 0.6) is 11.5 Å². The van der Waals surface area contributed by atoms with Crippen LogP contribution in [-0.4, -0.2) is 21.3 Å². The first-order valence-electron chi connectivity index (χ1n) is 7.57. The molecule has 0 unspecified atom stereocenters. The number of aromatic carboxylic acids is 1. The summed E-state index contributed by atoms with van der Waals surface area (Å²) in [7, 11) is 0. The lowest BCUT2D eigenvalue weighted by molar-refractivity contribution is 0.0693. The van der Waals surface area contributed by atoms with Gasteiger partial charge in [0.2, 0.25) is 0 Å². The van der Waals surface area contributed by atoms with Gasteiger partial charge in [-0.15, -0.1) is 0 Å². The fraction of sp³-hybridized carbons (Fsp3) is 0.150. The van der Waals surface area contributed by atoms with Crippen molar-refractivity contribution in [3.05, 3.63) is 70.3 Å². The number of allylic oxidation sites excluding steroid dienone is 2. The predicted molar refractivity (Wildman–Crippen MR) is 95.2 cm³/mol. The highest BCUT2D eigenvalue weighted by Crippen LogP contribution is 2.28. The molecule has 0 atom stereocenters. The van der Waals surface area contributed by atoms with Crippen LogP contribution in [0.4, 0.5) is 0 Å². The zero-order valence-corrected chi connectivity index (χ0v) is 13.7. The highest BCUT2D eigenvalue weighted by atomic mass is 16.4. The van der Waals surface area contributed by atoms with E-state index in [9.17, 15) is 20.1 Å². The van der Waals surface area contributed by atoms with Gasteiger partial charge in [0, 0.05) is 0 Å². The van der Waals surface area contributed by atoms with E-state index in [2.05, 4.69) is 0 Å². The normalized spacial score (nSPS) is 10.8. The van der Waals surface area contributed by atoms with Gasteiger partial charge in [-0.1, -0.05) is 48.1 Å². The van der Waals surface area contributed by atoms with E-state index >= 15 is 0 Å². The number of hydrogen-bond acceptors (Lipinski definition) is 3. The molecule has 3 N–H and O–H groups in total. The third kappa shape index (κ3) is 4.26. The van der Waals surface area contributed by atoms with Gasteiger partial charge < -0.3 is 15.3 Å². The van der Waals surface area contributed by atoms with Gasteiger partial charge in [0.25, 0.3) is 0 Å². The van der Waals surface area contributed by atoms with E-state index in [1.54, 1.807) is 48.6 Å². The van der Waals surface area contributed by atoms with Crippen molar-refractivity contribution in [2.45, 2.75) is 20.3 Å². The first-order chi connectivity index (χ1) is 11.4. The molecule has 0 aliphatic rings. The molecule has 4 nitrogen and oxygen atoms in total. The molecule has 0 aromatic heterocycles. The highest BCUT2D eigenvalue weighted by Gasteiger charge is 2.17. The Morgan fingerprint density at radius 2 is 1.67 bits per heavy atom. The van der Waals surface area contributed by atoms with Crippen molar-refractivity contribution in [2.24, 2.45) is 0 Å². The van der Waals surface area contributed by atoms with Crippen LogP contribution >= 0.6 is 0 Å². The molecule has 0 bridgehead atoms. The van der Waals surface area contributed by atoms with Crippen LogP contribution in [-0.2, 0) is 6.42 Å². The van der Waals surface area contributed by atoms with Gasteiger partial charge in [-0.05, 0) is 49.1 Å². The minimum atomic E-state index is -1.17. The summed E-state index contributed by atoms with van der Waals surface area (Å²) in [6, 6.07) is 9.96. The van der Waals surface area contributed by atoms with E-state index in [4.69, 9.17) is 0 Å². The molecule has 2 rings (SSSR count). The highest BCUT2D eigenvalue weighted by molar-refractivity contribution is 5.96. The summed E-state index contributed by atoms with van der Waals surface area (Å²) < 4.78 is 0. The molecule has 0 aliphatic heterocycles. The van der Waals surface area contributed by atoms with Crippen molar-refractivity contribution in [3.63, 3.8) is 0 Å². The summed E-state index contributed by atoms with van der Waals surface area (Å²) in [5.41, 5.74) is 2.81. The van der Waals surface area contributed by atoms with Crippen LogP contribution in [0.25, 0.3) is 12.2 Å². The van der Waals surface area contributed by atoms with Gasteiger partial charge in [-0.3, -0.25) is 0 Å². The van der Waals surface area contributed by atoms with E-state index in [-0.39, 0.29) is 17.1 Å². The van der Waals surface area contributed by atoms with E-state index < -0.39 is 5.97 Å². The number of hydrogen-bond donors (Lipinski definition) is 3. The summed E-state index contributed by atoms with van der Waals surface area (Å²) in [6.07, 6.45) is 5.79. The number of benzene rings is 2. The molecule has 0 fully saturated rings. The number of phenolic OH excluding ortho intramolecular Hbond substituents is 1. The van der Waals surface area contributed by atoms with E-state index in [0.717, 1.165) is 11.1 Å². The number of rotatable bonds is 5. The van der Waals surface area contributed by atoms with E-state index in [0.29, 0.717) is 17.5 Å². The lowest BCUT2D eigenvalue weighted by Gasteiger charge is -2.09. The number of carbonyl (C=O) groups is 1. The Morgan fingerprint density at radius 1 is 1.00 bits per heavy atom. The molecule has 0 heterocycles. The Hall–Kier alpha value is -3.01. The average Bonchev–Trinajstić information content (AvgIpc) is 2.52. The zero-order valence-electron chi connectivity index (χ0n) is 13.7. The lowest BCUT2D eigenvalue weighted by atomic mass is 9.98. The van der Waals surface area contributed by atoms with Gasteiger partial charge in [-0.25, -0.2) is 4.79 Å². The van der Waals surface area contributed by atoms with Gasteiger partial charge in [0.1, 0.15) is 17.1 Å². The fourth-order valence-electron chi connectivity index (χ4n) is 2.26. The molecule has 2 aromatic carbocycles. The summed E-state index contributed by atoms with van der Waals surface area (Å²) in [5.74, 6) is -1.20. The van der Waals surface area contributed by atoms with Gasteiger partial charge in [0.05, 0.1) is 0 Å². The van der Waals surface area contributed by atoms with E-state index in [1.807, 2.05) is 19.9 Å². The molecule has 4 heteroatoms. The maximum atomic E-state index is 11.5. The minimum Gasteiger partial charge on any atom is -0.508 e. The lowest BCUT2D eigenvalue weighted by Crippen LogP contribution is -2.02. The van der Waals surface area contributed by atoms with Crippen molar-refractivity contribution < 1.29 is 20.1 Å². The largest absolute Gasteiger partial charge is 0.508 e. The maximum absolute atomic E-state index is 11.5. The first-order valence-corrected chi connectivity index (χ1v) is 7.57. The molecule has 0 radical (unpaired) electrons. The predicted octanol–water partition coefficient (Wildman–Crippen LogP) is 4.48. The van der Waals surface area contributed by atoms with Crippen LogP contribution in [0.2, 0.25) is 0 Å². The van der Waals surface area contributed by atoms with Crippen LogP contribution in [0, 0.1) is 0 Å².